The Bertz CT molecular complexity index is 979. The minimum atomic E-state index is -0.847. The SMILES string of the molecule is Cc1cc(C(=O)Nc2ccc(OCCCC(=O)O)cc2)c2c(C)noc2n1. The van der Waals surface area contributed by atoms with Crippen molar-refractivity contribution in [2.24, 2.45) is 0 Å². The quantitative estimate of drug-likeness (QED) is 0.614. The van der Waals surface area contributed by atoms with Gasteiger partial charge in [-0.3, -0.25) is 9.59 Å². The van der Waals surface area contributed by atoms with Crippen LogP contribution in [0.15, 0.2) is 34.9 Å². The van der Waals surface area contributed by atoms with Crippen LogP contribution in [0.3, 0.4) is 0 Å². The molecule has 3 aromatic rings. The fraction of sp³-hybridized carbons (Fsp3) is 0.263. The summed E-state index contributed by atoms with van der Waals surface area (Å²) in [6.07, 6.45) is 0.500. The van der Waals surface area contributed by atoms with E-state index in [1.807, 2.05) is 0 Å². The number of aryl methyl sites for hydroxylation is 2. The molecule has 3 rings (SSSR count). The van der Waals surface area contributed by atoms with E-state index in [0.717, 1.165) is 0 Å². The maximum absolute atomic E-state index is 12.7. The standard InChI is InChI=1S/C19H19N3O5/c1-11-10-15(17-12(2)22-27-19(17)20-11)18(25)21-13-5-7-14(8-6-13)26-9-3-4-16(23)24/h5-8,10H,3-4,9H2,1-2H3,(H,21,25)(H,23,24). The van der Waals surface area contributed by atoms with Crippen LogP contribution in [0.2, 0.25) is 0 Å². The second-order valence-electron chi connectivity index (χ2n) is 6.08. The van der Waals surface area contributed by atoms with E-state index >= 15 is 0 Å². The van der Waals surface area contributed by atoms with Crippen LogP contribution < -0.4 is 10.1 Å². The first-order valence-corrected chi connectivity index (χ1v) is 8.43. The van der Waals surface area contributed by atoms with Crippen LogP contribution in [-0.2, 0) is 4.79 Å². The molecule has 0 saturated carbocycles. The van der Waals surface area contributed by atoms with E-state index in [1.54, 1.807) is 44.2 Å². The van der Waals surface area contributed by atoms with Crippen LogP contribution in [0.1, 0.15) is 34.6 Å². The first-order chi connectivity index (χ1) is 12.9. The summed E-state index contributed by atoms with van der Waals surface area (Å²) >= 11 is 0. The smallest absolute Gasteiger partial charge is 0.303 e. The van der Waals surface area contributed by atoms with Gasteiger partial charge in [-0.1, -0.05) is 5.16 Å². The van der Waals surface area contributed by atoms with Crippen molar-refractivity contribution in [2.75, 3.05) is 11.9 Å². The molecule has 0 aliphatic heterocycles. The second-order valence-corrected chi connectivity index (χ2v) is 6.08. The molecule has 0 fully saturated rings. The van der Waals surface area contributed by atoms with Gasteiger partial charge in [0.2, 0.25) is 0 Å². The lowest BCUT2D eigenvalue weighted by molar-refractivity contribution is -0.137. The molecule has 0 unspecified atom stereocenters. The average Bonchev–Trinajstić information content (AvgIpc) is 3.00. The summed E-state index contributed by atoms with van der Waals surface area (Å²) in [6.45, 7) is 3.86. The number of aliphatic carboxylic acids is 1. The molecule has 0 aliphatic rings. The van der Waals surface area contributed by atoms with Crippen molar-refractivity contribution in [3.8, 4) is 5.75 Å². The van der Waals surface area contributed by atoms with E-state index in [4.69, 9.17) is 14.4 Å². The Morgan fingerprint density at radius 3 is 2.67 bits per heavy atom. The van der Waals surface area contributed by atoms with Gasteiger partial charge in [-0.15, -0.1) is 0 Å². The number of aromatic nitrogens is 2. The first kappa shape index (κ1) is 18.4. The number of anilines is 1. The number of carbonyl (C=O) groups excluding carboxylic acids is 1. The van der Waals surface area contributed by atoms with Gasteiger partial charge in [-0.2, -0.15) is 0 Å². The van der Waals surface area contributed by atoms with Gasteiger partial charge in [0.25, 0.3) is 11.6 Å². The topological polar surface area (TPSA) is 115 Å². The number of pyridine rings is 1. The minimum absolute atomic E-state index is 0.0657. The predicted octanol–water partition coefficient (Wildman–Crippen LogP) is 3.34. The second kappa shape index (κ2) is 7.86. The van der Waals surface area contributed by atoms with Crippen molar-refractivity contribution in [1.29, 1.82) is 0 Å². The van der Waals surface area contributed by atoms with Gasteiger partial charge in [0.15, 0.2) is 0 Å². The monoisotopic (exact) mass is 369 g/mol. The van der Waals surface area contributed by atoms with Crippen LogP contribution in [-0.4, -0.2) is 33.7 Å². The fourth-order valence-corrected chi connectivity index (χ4v) is 2.64. The van der Waals surface area contributed by atoms with Crippen LogP contribution >= 0.6 is 0 Å². The van der Waals surface area contributed by atoms with Gasteiger partial charge >= 0.3 is 5.97 Å². The minimum Gasteiger partial charge on any atom is -0.494 e. The number of fused-ring (bicyclic) bond motifs is 1. The Morgan fingerprint density at radius 2 is 1.96 bits per heavy atom. The molecule has 8 heteroatoms. The lowest BCUT2D eigenvalue weighted by Gasteiger charge is -2.09. The molecule has 8 nitrogen and oxygen atoms in total. The summed E-state index contributed by atoms with van der Waals surface area (Å²) in [7, 11) is 0. The Balaban J connectivity index is 1.68. The molecule has 2 aromatic heterocycles. The zero-order valence-corrected chi connectivity index (χ0v) is 15.0. The number of rotatable bonds is 7. The number of hydrogen-bond donors (Lipinski definition) is 2. The number of nitrogens with one attached hydrogen (secondary N) is 1. The van der Waals surface area contributed by atoms with Crippen molar-refractivity contribution in [3.63, 3.8) is 0 Å². The molecule has 27 heavy (non-hydrogen) atoms. The van der Waals surface area contributed by atoms with Crippen molar-refractivity contribution in [2.45, 2.75) is 26.7 Å². The lowest BCUT2D eigenvalue weighted by Crippen LogP contribution is -2.13. The third-order valence-corrected chi connectivity index (χ3v) is 3.91. The zero-order chi connectivity index (χ0) is 19.4. The summed E-state index contributed by atoms with van der Waals surface area (Å²) in [5.41, 5.74) is 2.66. The first-order valence-electron chi connectivity index (χ1n) is 8.43. The fourth-order valence-electron chi connectivity index (χ4n) is 2.64. The van der Waals surface area contributed by atoms with Gasteiger partial charge < -0.3 is 19.7 Å². The highest BCUT2D eigenvalue weighted by Gasteiger charge is 2.18. The molecule has 0 aliphatic carbocycles. The van der Waals surface area contributed by atoms with Gasteiger partial charge in [0.1, 0.15) is 5.75 Å². The van der Waals surface area contributed by atoms with Crippen LogP contribution in [0.5, 0.6) is 5.75 Å². The van der Waals surface area contributed by atoms with E-state index in [2.05, 4.69) is 15.5 Å². The Labute approximate surface area is 155 Å². The lowest BCUT2D eigenvalue weighted by atomic mass is 10.1. The summed E-state index contributed by atoms with van der Waals surface area (Å²) in [5.74, 6) is -0.525. The van der Waals surface area contributed by atoms with E-state index in [1.165, 1.54) is 0 Å². The molecule has 0 radical (unpaired) electrons. The molecule has 140 valence electrons. The highest BCUT2D eigenvalue weighted by Crippen LogP contribution is 2.23. The third kappa shape index (κ3) is 4.41. The molecule has 0 saturated heterocycles. The predicted molar refractivity (Wildman–Crippen MR) is 98.0 cm³/mol. The van der Waals surface area contributed by atoms with Crippen LogP contribution in [0, 0.1) is 13.8 Å². The summed E-state index contributed by atoms with van der Waals surface area (Å²) in [5, 5.41) is 15.9. The number of carbonyl (C=O) groups is 2. The van der Waals surface area contributed by atoms with Gasteiger partial charge in [0, 0.05) is 17.8 Å². The number of carboxylic acids is 1. The summed E-state index contributed by atoms with van der Waals surface area (Å²) in [4.78, 5) is 27.4. The molecule has 0 atom stereocenters. The van der Waals surface area contributed by atoms with Gasteiger partial charge in [-0.25, -0.2) is 4.98 Å². The Morgan fingerprint density at radius 1 is 1.22 bits per heavy atom. The zero-order valence-electron chi connectivity index (χ0n) is 15.0. The van der Waals surface area contributed by atoms with Crippen LogP contribution in [0.4, 0.5) is 5.69 Å². The number of carboxylic acid groups (broad SMARTS) is 1. The van der Waals surface area contributed by atoms with Crippen molar-refractivity contribution in [3.05, 3.63) is 47.3 Å². The van der Waals surface area contributed by atoms with Crippen molar-refractivity contribution < 1.29 is 24.0 Å². The summed E-state index contributed by atoms with van der Waals surface area (Å²) < 4.78 is 10.6. The molecule has 1 aromatic carbocycles. The molecule has 2 N–H and O–H groups in total. The Hall–Kier alpha value is -3.42. The van der Waals surface area contributed by atoms with E-state index in [0.29, 0.717) is 52.5 Å². The number of ether oxygens (including phenoxy) is 1. The average molecular weight is 369 g/mol. The Kier molecular flexibility index (Phi) is 5.35. The van der Waals surface area contributed by atoms with Crippen LogP contribution in [0.25, 0.3) is 11.1 Å². The summed E-state index contributed by atoms with van der Waals surface area (Å²) in [6, 6.07) is 8.57. The molecule has 2 heterocycles. The van der Waals surface area contributed by atoms with Crippen molar-refractivity contribution in [1.82, 2.24) is 10.1 Å². The van der Waals surface area contributed by atoms with E-state index < -0.39 is 5.97 Å². The molecule has 0 bridgehead atoms. The number of amides is 1. The maximum atomic E-state index is 12.7. The number of hydrogen-bond acceptors (Lipinski definition) is 6. The van der Waals surface area contributed by atoms with Crippen molar-refractivity contribution >= 4 is 28.7 Å². The van der Waals surface area contributed by atoms with Gasteiger partial charge in [-0.05, 0) is 50.6 Å². The number of nitrogens with zero attached hydrogens (tertiary/aromatic N) is 2. The molecular formula is C19H19N3O5. The molecular weight excluding hydrogens is 350 g/mol. The normalized spacial score (nSPS) is 10.7. The van der Waals surface area contributed by atoms with E-state index in [-0.39, 0.29) is 12.3 Å². The number of benzene rings is 1. The third-order valence-electron chi connectivity index (χ3n) is 3.91. The molecule has 1 amide bonds. The largest absolute Gasteiger partial charge is 0.494 e. The maximum Gasteiger partial charge on any atom is 0.303 e. The highest BCUT2D eigenvalue weighted by molar-refractivity contribution is 6.12. The van der Waals surface area contributed by atoms with Gasteiger partial charge in [0.05, 0.1) is 23.3 Å². The molecule has 0 spiro atoms. The highest BCUT2D eigenvalue weighted by atomic mass is 16.5. The van der Waals surface area contributed by atoms with E-state index in [9.17, 15) is 9.59 Å².